The van der Waals surface area contributed by atoms with E-state index in [0.29, 0.717) is 22.3 Å². The Balaban J connectivity index is 1.79. The van der Waals surface area contributed by atoms with Gasteiger partial charge in [-0.1, -0.05) is 12.1 Å². The Morgan fingerprint density at radius 3 is 2.62 bits per heavy atom. The van der Waals surface area contributed by atoms with E-state index >= 15 is 0 Å². The van der Waals surface area contributed by atoms with Crippen molar-refractivity contribution in [3.63, 3.8) is 0 Å². The fourth-order valence-corrected chi connectivity index (χ4v) is 3.26. The van der Waals surface area contributed by atoms with Gasteiger partial charge in [0.2, 0.25) is 0 Å². The zero-order valence-corrected chi connectivity index (χ0v) is 16.6. The maximum atomic E-state index is 12.7. The number of thiazole rings is 1. The van der Waals surface area contributed by atoms with Gasteiger partial charge in [0.15, 0.2) is 11.7 Å². The fourth-order valence-electron chi connectivity index (χ4n) is 2.56. The van der Waals surface area contributed by atoms with Crippen LogP contribution in [0.5, 0.6) is 17.2 Å². The molecule has 0 saturated heterocycles. The quantitative estimate of drug-likeness (QED) is 0.587. The van der Waals surface area contributed by atoms with Crippen molar-refractivity contribution >= 4 is 28.3 Å². The van der Waals surface area contributed by atoms with Crippen LogP contribution in [0.2, 0.25) is 0 Å². The van der Waals surface area contributed by atoms with Crippen molar-refractivity contribution in [3.05, 3.63) is 53.4 Å². The summed E-state index contributed by atoms with van der Waals surface area (Å²) >= 11 is 1.28. The van der Waals surface area contributed by atoms with Gasteiger partial charge in [-0.2, -0.15) is 0 Å². The Labute approximate surface area is 171 Å². The molecule has 0 atom stereocenters. The number of anilines is 1. The molecule has 0 bridgehead atoms. The van der Waals surface area contributed by atoms with Gasteiger partial charge in [0.25, 0.3) is 11.8 Å². The van der Waals surface area contributed by atoms with Crippen LogP contribution in [-0.2, 0) is 4.79 Å². The van der Waals surface area contributed by atoms with Gasteiger partial charge in [-0.25, -0.2) is 4.98 Å². The van der Waals surface area contributed by atoms with Crippen LogP contribution in [0.15, 0.2) is 47.8 Å². The van der Waals surface area contributed by atoms with E-state index in [1.807, 2.05) is 17.5 Å². The number of nitrogens with zero attached hydrogens (tertiary/aromatic N) is 1. The second-order valence-electron chi connectivity index (χ2n) is 5.81. The molecular formula is C20H19N3O5S. The molecule has 8 nitrogen and oxygen atoms in total. The second-order valence-corrected chi connectivity index (χ2v) is 6.67. The number of carbonyl (C=O) groups is 2. The van der Waals surface area contributed by atoms with E-state index in [9.17, 15) is 9.59 Å². The predicted octanol–water partition coefficient (Wildman–Crippen LogP) is 2.94. The molecule has 3 rings (SSSR count). The smallest absolute Gasteiger partial charge is 0.261 e. The zero-order valence-electron chi connectivity index (χ0n) is 15.8. The summed E-state index contributed by atoms with van der Waals surface area (Å²) in [7, 11) is 3.15. The number of benzene rings is 2. The van der Waals surface area contributed by atoms with Crippen LogP contribution < -0.4 is 25.3 Å². The third-order valence-electron chi connectivity index (χ3n) is 3.91. The number of hydrogen-bond acceptors (Lipinski definition) is 7. The Morgan fingerprint density at radius 1 is 1.10 bits per heavy atom. The van der Waals surface area contributed by atoms with E-state index in [0.717, 1.165) is 5.56 Å². The molecule has 9 heteroatoms. The van der Waals surface area contributed by atoms with Crippen molar-refractivity contribution in [2.24, 2.45) is 5.73 Å². The summed E-state index contributed by atoms with van der Waals surface area (Å²) in [4.78, 5) is 28.1. The molecule has 1 aromatic heterocycles. The Kier molecular flexibility index (Phi) is 6.30. The molecule has 3 N–H and O–H groups in total. The van der Waals surface area contributed by atoms with Crippen LogP contribution in [0.25, 0.3) is 11.3 Å². The van der Waals surface area contributed by atoms with Crippen molar-refractivity contribution in [3.8, 4) is 28.5 Å². The first kappa shape index (κ1) is 20.2. The van der Waals surface area contributed by atoms with Gasteiger partial charge < -0.3 is 19.9 Å². The number of para-hydroxylation sites is 1. The standard InChI is InChI=1S/C20H19N3O5S/c1-26-12-7-8-13(17(9-12)27-2)15-11-29-20(22-15)23-19(25)14-5-3-4-6-16(14)28-10-18(21)24/h3-9,11H,10H2,1-2H3,(H2,21,24)(H,22,23,25). The number of hydrogen-bond donors (Lipinski definition) is 2. The summed E-state index contributed by atoms with van der Waals surface area (Å²) in [6, 6.07) is 12.0. The van der Waals surface area contributed by atoms with E-state index in [4.69, 9.17) is 19.9 Å². The molecule has 0 aliphatic heterocycles. The predicted molar refractivity (Wildman–Crippen MR) is 110 cm³/mol. The third kappa shape index (κ3) is 4.82. The van der Waals surface area contributed by atoms with E-state index in [2.05, 4.69) is 10.3 Å². The Morgan fingerprint density at radius 2 is 1.90 bits per heavy atom. The molecule has 0 radical (unpaired) electrons. The molecule has 0 fully saturated rings. The lowest BCUT2D eigenvalue weighted by atomic mass is 10.1. The minimum atomic E-state index is -0.627. The molecule has 0 spiro atoms. The monoisotopic (exact) mass is 413 g/mol. The highest BCUT2D eigenvalue weighted by atomic mass is 32.1. The van der Waals surface area contributed by atoms with Gasteiger partial charge in [0.05, 0.1) is 25.5 Å². The lowest BCUT2D eigenvalue weighted by Crippen LogP contribution is -2.21. The lowest BCUT2D eigenvalue weighted by molar-refractivity contribution is -0.119. The number of nitrogens with one attached hydrogen (secondary N) is 1. The van der Waals surface area contributed by atoms with Crippen molar-refractivity contribution in [2.75, 3.05) is 26.1 Å². The minimum Gasteiger partial charge on any atom is -0.497 e. The molecule has 1 heterocycles. The molecule has 0 aliphatic carbocycles. The number of nitrogens with two attached hydrogens (primary N) is 1. The maximum absolute atomic E-state index is 12.7. The van der Waals surface area contributed by atoms with Crippen LogP contribution in [-0.4, -0.2) is 37.6 Å². The van der Waals surface area contributed by atoms with Crippen molar-refractivity contribution < 1.29 is 23.8 Å². The Hall–Kier alpha value is -3.59. The highest BCUT2D eigenvalue weighted by molar-refractivity contribution is 7.14. The largest absolute Gasteiger partial charge is 0.497 e. The fraction of sp³-hybridized carbons (Fsp3) is 0.150. The number of ether oxygens (including phenoxy) is 3. The normalized spacial score (nSPS) is 10.3. The number of amides is 2. The van der Waals surface area contributed by atoms with Crippen LogP contribution in [0, 0.1) is 0 Å². The number of primary amides is 1. The average Bonchev–Trinajstić information content (AvgIpc) is 3.20. The molecule has 2 aromatic carbocycles. The summed E-state index contributed by atoms with van der Waals surface area (Å²) in [5, 5.41) is 4.97. The molecule has 2 amide bonds. The van der Waals surface area contributed by atoms with E-state index in [1.54, 1.807) is 44.6 Å². The third-order valence-corrected chi connectivity index (χ3v) is 4.67. The first-order valence-electron chi connectivity index (χ1n) is 8.51. The van der Waals surface area contributed by atoms with Crippen LogP contribution in [0.1, 0.15) is 10.4 Å². The number of methoxy groups -OCH3 is 2. The van der Waals surface area contributed by atoms with Crippen molar-refractivity contribution in [1.82, 2.24) is 4.98 Å². The maximum Gasteiger partial charge on any atom is 0.261 e. The average molecular weight is 413 g/mol. The molecule has 3 aromatic rings. The SMILES string of the molecule is COc1ccc(-c2csc(NC(=O)c3ccccc3OCC(N)=O)n2)c(OC)c1. The summed E-state index contributed by atoms with van der Waals surface area (Å²) in [6.45, 7) is -0.317. The van der Waals surface area contributed by atoms with Crippen LogP contribution >= 0.6 is 11.3 Å². The first-order valence-corrected chi connectivity index (χ1v) is 9.39. The number of aromatic nitrogens is 1. The topological polar surface area (TPSA) is 113 Å². The lowest BCUT2D eigenvalue weighted by Gasteiger charge is -2.09. The van der Waals surface area contributed by atoms with Gasteiger partial charge in [0.1, 0.15) is 17.2 Å². The number of rotatable bonds is 8. The molecule has 0 saturated carbocycles. The van der Waals surface area contributed by atoms with Gasteiger partial charge in [-0.05, 0) is 24.3 Å². The van der Waals surface area contributed by atoms with Gasteiger partial charge in [0, 0.05) is 17.0 Å². The van der Waals surface area contributed by atoms with Crippen LogP contribution in [0.3, 0.4) is 0 Å². The summed E-state index contributed by atoms with van der Waals surface area (Å²) in [6.07, 6.45) is 0. The minimum absolute atomic E-state index is 0.261. The molecule has 0 unspecified atom stereocenters. The molecule has 150 valence electrons. The summed E-state index contributed by atoms with van der Waals surface area (Å²) in [5.74, 6) is 0.503. The van der Waals surface area contributed by atoms with E-state index in [-0.39, 0.29) is 17.9 Å². The first-order chi connectivity index (χ1) is 14.0. The van der Waals surface area contributed by atoms with Gasteiger partial charge in [-0.3, -0.25) is 14.9 Å². The van der Waals surface area contributed by atoms with Gasteiger partial charge >= 0.3 is 0 Å². The second kappa shape index (κ2) is 9.07. The van der Waals surface area contributed by atoms with Crippen LogP contribution in [0.4, 0.5) is 5.13 Å². The van der Waals surface area contributed by atoms with Crippen molar-refractivity contribution in [2.45, 2.75) is 0 Å². The molecular weight excluding hydrogens is 394 g/mol. The highest BCUT2D eigenvalue weighted by Crippen LogP contribution is 2.35. The zero-order chi connectivity index (χ0) is 20.8. The summed E-state index contributed by atoms with van der Waals surface area (Å²) < 4.78 is 15.9. The van der Waals surface area contributed by atoms with Crippen molar-refractivity contribution in [1.29, 1.82) is 0 Å². The summed E-state index contributed by atoms with van der Waals surface area (Å²) in [5.41, 5.74) is 6.80. The molecule has 29 heavy (non-hydrogen) atoms. The van der Waals surface area contributed by atoms with Gasteiger partial charge in [-0.15, -0.1) is 11.3 Å². The Bertz CT molecular complexity index is 1030. The van der Waals surface area contributed by atoms with E-state index in [1.165, 1.54) is 11.3 Å². The highest BCUT2D eigenvalue weighted by Gasteiger charge is 2.16. The number of carbonyl (C=O) groups excluding carboxylic acids is 2. The molecule has 0 aliphatic rings. The van der Waals surface area contributed by atoms with E-state index < -0.39 is 11.8 Å².